The highest BCUT2D eigenvalue weighted by atomic mass is 19.1. The SMILES string of the molecule is CC(CN(C(=O)c1ccc(F)cc1)C1CC1)C(=O)O. The molecule has 1 aromatic carbocycles. The molecule has 1 atom stereocenters. The number of hydrogen-bond donors (Lipinski definition) is 1. The quantitative estimate of drug-likeness (QED) is 0.887. The molecule has 1 aliphatic carbocycles. The summed E-state index contributed by atoms with van der Waals surface area (Å²) >= 11 is 0. The van der Waals surface area contributed by atoms with Gasteiger partial charge in [0.1, 0.15) is 5.82 Å². The molecule has 19 heavy (non-hydrogen) atoms. The molecule has 1 aromatic rings. The first-order chi connectivity index (χ1) is 8.99. The van der Waals surface area contributed by atoms with E-state index in [1.54, 1.807) is 11.8 Å². The average Bonchev–Trinajstić information content (AvgIpc) is 3.19. The van der Waals surface area contributed by atoms with Gasteiger partial charge >= 0.3 is 5.97 Å². The molecule has 102 valence electrons. The summed E-state index contributed by atoms with van der Waals surface area (Å²) in [5, 5.41) is 8.93. The zero-order valence-electron chi connectivity index (χ0n) is 10.7. The van der Waals surface area contributed by atoms with E-state index in [2.05, 4.69) is 0 Å². The van der Waals surface area contributed by atoms with Crippen LogP contribution >= 0.6 is 0 Å². The number of rotatable bonds is 5. The van der Waals surface area contributed by atoms with Gasteiger partial charge in [-0.15, -0.1) is 0 Å². The third-order valence-electron chi connectivity index (χ3n) is 3.23. The van der Waals surface area contributed by atoms with Gasteiger partial charge in [-0.1, -0.05) is 6.92 Å². The fraction of sp³-hybridized carbons (Fsp3) is 0.429. The minimum Gasteiger partial charge on any atom is -0.481 e. The van der Waals surface area contributed by atoms with Crippen molar-refractivity contribution in [3.63, 3.8) is 0 Å². The van der Waals surface area contributed by atoms with E-state index in [9.17, 15) is 14.0 Å². The Balaban J connectivity index is 2.12. The van der Waals surface area contributed by atoms with Crippen LogP contribution < -0.4 is 0 Å². The van der Waals surface area contributed by atoms with Crippen LogP contribution in [0.4, 0.5) is 4.39 Å². The molecular formula is C14H16FNO3. The van der Waals surface area contributed by atoms with Crippen LogP contribution in [-0.4, -0.2) is 34.5 Å². The number of aliphatic carboxylic acids is 1. The van der Waals surface area contributed by atoms with Crippen molar-refractivity contribution in [2.45, 2.75) is 25.8 Å². The highest BCUT2D eigenvalue weighted by molar-refractivity contribution is 5.94. The zero-order valence-corrected chi connectivity index (χ0v) is 10.7. The van der Waals surface area contributed by atoms with Gasteiger partial charge in [0.2, 0.25) is 0 Å². The van der Waals surface area contributed by atoms with Crippen molar-refractivity contribution < 1.29 is 19.1 Å². The third kappa shape index (κ3) is 3.30. The van der Waals surface area contributed by atoms with Crippen LogP contribution in [-0.2, 0) is 4.79 Å². The van der Waals surface area contributed by atoms with Gasteiger partial charge in [0.15, 0.2) is 0 Å². The number of hydrogen-bond acceptors (Lipinski definition) is 2. The van der Waals surface area contributed by atoms with Gasteiger partial charge in [-0.3, -0.25) is 9.59 Å². The Morgan fingerprint density at radius 3 is 2.42 bits per heavy atom. The van der Waals surface area contributed by atoms with Crippen molar-refractivity contribution in [2.75, 3.05) is 6.54 Å². The molecule has 1 unspecified atom stereocenters. The van der Waals surface area contributed by atoms with E-state index in [1.165, 1.54) is 24.3 Å². The standard InChI is InChI=1S/C14H16FNO3/c1-9(14(18)19)8-16(12-6-7-12)13(17)10-2-4-11(15)5-3-10/h2-5,9,12H,6-8H2,1H3,(H,18,19). The Kier molecular flexibility index (Phi) is 3.83. The number of halogens is 1. The number of carboxylic acid groups (broad SMARTS) is 1. The normalized spacial score (nSPS) is 15.9. The van der Waals surface area contributed by atoms with Gasteiger partial charge in [0.05, 0.1) is 5.92 Å². The molecule has 0 spiro atoms. The molecule has 0 aliphatic heterocycles. The van der Waals surface area contributed by atoms with E-state index < -0.39 is 17.7 Å². The molecule has 1 saturated carbocycles. The van der Waals surface area contributed by atoms with Crippen LogP contribution in [0.3, 0.4) is 0 Å². The third-order valence-corrected chi connectivity index (χ3v) is 3.23. The van der Waals surface area contributed by atoms with Gasteiger partial charge in [0.25, 0.3) is 5.91 Å². The molecule has 0 aromatic heterocycles. The molecule has 0 bridgehead atoms. The predicted molar refractivity (Wildman–Crippen MR) is 67.3 cm³/mol. The molecular weight excluding hydrogens is 249 g/mol. The Labute approximate surface area is 110 Å². The summed E-state index contributed by atoms with van der Waals surface area (Å²) in [6.07, 6.45) is 1.80. The Hall–Kier alpha value is -1.91. The van der Waals surface area contributed by atoms with E-state index in [0.29, 0.717) is 5.56 Å². The fourth-order valence-corrected chi connectivity index (χ4v) is 1.92. The van der Waals surface area contributed by atoms with Crippen LogP contribution in [0.2, 0.25) is 0 Å². The summed E-state index contributed by atoms with van der Waals surface area (Å²) < 4.78 is 12.8. The highest BCUT2D eigenvalue weighted by Crippen LogP contribution is 2.29. The minimum atomic E-state index is -0.919. The lowest BCUT2D eigenvalue weighted by molar-refractivity contribution is -0.141. The monoisotopic (exact) mass is 265 g/mol. The largest absolute Gasteiger partial charge is 0.481 e. The number of carbonyl (C=O) groups is 2. The van der Waals surface area contributed by atoms with Crippen LogP contribution in [0.25, 0.3) is 0 Å². The second-order valence-electron chi connectivity index (χ2n) is 4.93. The second-order valence-corrected chi connectivity index (χ2v) is 4.93. The lowest BCUT2D eigenvalue weighted by atomic mass is 10.1. The minimum absolute atomic E-state index is 0.124. The van der Waals surface area contributed by atoms with E-state index in [-0.39, 0.29) is 18.5 Å². The first kappa shape index (κ1) is 13.5. The Morgan fingerprint density at radius 2 is 1.95 bits per heavy atom. The van der Waals surface area contributed by atoms with E-state index in [1.807, 2.05) is 0 Å². The molecule has 1 N–H and O–H groups in total. The van der Waals surface area contributed by atoms with Crippen molar-refractivity contribution in [3.05, 3.63) is 35.6 Å². The van der Waals surface area contributed by atoms with Gasteiger partial charge in [-0.25, -0.2) is 4.39 Å². The number of benzene rings is 1. The molecule has 5 heteroatoms. The predicted octanol–water partition coefficient (Wildman–Crippen LogP) is 2.15. The van der Waals surface area contributed by atoms with E-state index >= 15 is 0 Å². The van der Waals surface area contributed by atoms with Crippen LogP contribution in [0, 0.1) is 11.7 Å². The lowest BCUT2D eigenvalue weighted by Crippen LogP contribution is -2.38. The summed E-state index contributed by atoms with van der Waals surface area (Å²) in [5.74, 6) is -2.15. The fourth-order valence-electron chi connectivity index (χ4n) is 1.92. The van der Waals surface area contributed by atoms with Crippen molar-refractivity contribution in [1.29, 1.82) is 0 Å². The Morgan fingerprint density at radius 1 is 1.37 bits per heavy atom. The zero-order chi connectivity index (χ0) is 14.0. The summed E-state index contributed by atoms with van der Waals surface area (Å²) in [6.45, 7) is 1.77. The molecule has 4 nitrogen and oxygen atoms in total. The number of amides is 1. The van der Waals surface area contributed by atoms with Crippen molar-refractivity contribution >= 4 is 11.9 Å². The first-order valence-corrected chi connectivity index (χ1v) is 6.28. The molecule has 0 radical (unpaired) electrons. The van der Waals surface area contributed by atoms with Crippen molar-refractivity contribution in [1.82, 2.24) is 4.90 Å². The van der Waals surface area contributed by atoms with Gasteiger partial charge in [0, 0.05) is 18.2 Å². The molecule has 0 heterocycles. The second kappa shape index (κ2) is 5.38. The molecule has 0 saturated heterocycles. The maximum Gasteiger partial charge on any atom is 0.308 e. The number of carbonyl (C=O) groups excluding carboxylic acids is 1. The molecule has 1 fully saturated rings. The van der Waals surface area contributed by atoms with Crippen molar-refractivity contribution in [2.24, 2.45) is 5.92 Å². The van der Waals surface area contributed by atoms with E-state index in [0.717, 1.165) is 12.8 Å². The summed E-state index contributed by atoms with van der Waals surface area (Å²) in [7, 11) is 0. The van der Waals surface area contributed by atoms with E-state index in [4.69, 9.17) is 5.11 Å². The van der Waals surface area contributed by atoms with Gasteiger partial charge < -0.3 is 10.0 Å². The van der Waals surface area contributed by atoms with Crippen LogP contribution in [0.15, 0.2) is 24.3 Å². The van der Waals surface area contributed by atoms with Crippen LogP contribution in [0.5, 0.6) is 0 Å². The molecule has 1 amide bonds. The lowest BCUT2D eigenvalue weighted by Gasteiger charge is -2.24. The van der Waals surface area contributed by atoms with Crippen LogP contribution in [0.1, 0.15) is 30.1 Å². The topological polar surface area (TPSA) is 57.6 Å². The number of nitrogens with zero attached hydrogens (tertiary/aromatic N) is 1. The maximum atomic E-state index is 12.8. The first-order valence-electron chi connectivity index (χ1n) is 6.28. The summed E-state index contributed by atoms with van der Waals surface area (Å²) in [4.78, 5) is 24.8. The number of carboxylic acids is 1. The van der Waals surface area contributed by atoms with Gasteiger partial charge in [-0.2, -0.15) is 0 Å². The highest BCUT2D eigenvalue weighted by Gasteiger charge is 2.34. The van der Waals surface area contributed by atoms with Crippen molar-refractivity contribution in [3.8, 4) is 0 Å². The van der Waals surface area contributed by atoms with Gasteiger partial charge in [-0.05, 0) is 37.1 Å². The smallest absolute Gasteiger partial charge is 0.308 e. The maximum absolute atomic E-state index is 12.8. The molecule has 2 rings (SSSR count). The summed E-state index contributed by atoms with van der Waals surface area (Å²) in [6, 6.07) is 5.45. The molecule has 1 aliphatic rings. The summed E-state index contributed by atoms with van der Waals surface area (Å²) in [5.41, 5.74) is 0.394. The Bertz CT molecular complexity index is 482. The average molecular weight is 265 g/mol.